The quantitative estimate of drug-likeness (QED) is 0.916. The van der Waals surface area contributed by atoms with Crippen LogP contribution in [0.15, 0.2) is 22.7 Å². The predicted octanol–water partition coefficient (Wildman–Crippen LogP) is 2.73. The standard InChI is InChI=1S/C11H14BrNO2/c1-3-7(2)15-8-4-5-10(12)9(6-8)11(13)14/h4-7H,3H2,1-2H3,(H2,13,14). The second-order valence-corrected chi connectivity index (χ2v) is 4.20. The Labute approximate surface area is 97.7 Å². The van der Waals surface area contributed by atoms with Gasteiger partial charge in [-0.3, -0.25) is 4.79 Å². The van der Waals surface area contributed by atoms with Crippen molar-refractivity contribution in [3.63, 3.8) is 0 Å². The molecule has 1 atom stereocenters. The first-order valence-corrected chi connectivity index (χ1v) is 5.60. The molecule has 0 aromatic heterocycles. The maximum Gasteiger partial charge on any atom is 0.249 e. The monoisotopic (exact) mass is 271 g/mol. The van der Waals surface area contributed by atoms with Crippen LogP contribution in [0.3, 0.4) is 0 Å². The Kier molecular flexibility index (Phi) is 4.15. The van der Waals surface area contributed by atoms with Crippen LogP contribution in [0.1, 0.15) is 30.6 Å². The molecule has 3 nitrogen and oxygen atoms in total. The Hall–Kier alpha value is -1.03. The summed E-state index contributed by atoms with van der Waals surface area (Å²) in [4.78, 5) is 11.1. The van der Waals surface area contributed by atoms with Gasteiger partial charge in [0.2, 0.25) is 5.91 Å². The zero-order chi connectivity index (χ0) is 11.4. The fourth-order valence-corrected chi connectivity index (χ4v) is 1.52. The van der Waals surface area contributed by atoms with Gasteiger partial charge in [-0.05, 0) is 47.5 Å². The van der Waals surface area contributed by atoms with Gasteiger partial charge in [0.15, 0.2) is 0 Å². The highest BCUT2D eigenvalue weighted by molar-refractivity contribution is 9.10. The fourth-order valence-electron chi connectivity index (χ4n) is 1.08. The molecule has 4 heteroatoms. The Morgan fingerprint density at radius 2 is 2.27 bits per heavy atom. The van der Waals surface area contributed by atoms with E-state index in [1.54, 1.807) is 12.1 Å². The molecule has 0 aliphatic heterocycles. The topological polar surface area (TPSA) is 52.3 Å². The van der Waals surface area contributed by atoms with Crippen molar-refractivity contribution in [1.29, 1.82) is 0 Å². The third-order valence-corrected chi connectivity index (χ3v) is 2.81. The van der Waals surface area contributed by atoms with E-state index in [0.29, 0.717) is 15.8 Å². The van der Waals surface area contributed by atoms with Crippen LogP contribution < -0.4 is 10.5 Å². The lowest BCUT2D eigenvalue weighted by Crippen LogP contribution is -2.13. The van der Waals surface area contributed by atoms with Crippen LogP contribution in [0.25, 0.3) is 0 Å². The number of nitrogens with two attached hydrogens (primary N) is 1. The van der Waals surface area contributed by atoms with E-state index in [2.05, 4.69) is 15.9 Å². The van der Waals surface area contributed by atoms with Gasteiger partial charge >= 0.3 is 0 Å². The summed E-state index contributed by atoms with van der Waals surface area (Å²) in [6.07, 6.45) is 1.05. The van der Waals surface area contributed by atoms with Gasteiger partial charge in [0.05, 0.1) is 11.7 Å². The van der Waals surface area contributed by atoms with Crippen LogP contribution in [0.5, 0.6) is 5.75 Å². The molecule has 0 saturated carbocycles. The maximum absolute atomic E-state index is 11.1. The molecule has 0 radical (unpaired) electrons. The highest BCUT2D eigenvalue weighted by Crippen LogP contribution is 2.23. The van der Waals surface area contributed by atoms with Crippen LogP contribution in [0.2, 0.25) is 0 Å². The van der Waals surface area contributed by atoms with Gasteiger partial charge in [-0.2, -0.15) is 0 Å². The van der Waals surface area contributed by atoms with Crippen molar-refractivity contribution >= 4 is 21.8 Å². The molecule has 0 saturated heterocycles. The molecule has 1 amide bonds. The average Bonchev–Trinajstić information content (AvgIpc) is 2.20. The summed E-state index contributed by atoms with van der Waals surface area (Å²) in [5, 5.41) is 0. The highest BCUT2D eigenvalue weighted by Gasteiger charge is 2.09. The van der Waals surface area contributed by atoms with Crippen LogP contribution >= 0.6 is 15.9 Å². The van der Waals surface area contributed by atoms with Crippen LogP contribution in [-0.2, 0) is 0 Å². The van der Waals surface area contributed by atoms with E-state index < -0.39 is 5.91 Å². The van der Waals surface area contributed by atoms with E-state index in [1.165, 1.54) is 0 Å². The summed E-state index contributed by atoms with van der Waals surface area (Å²) in [5.41, 5.74) is 5.66. The van der Waals surface area contributed by atoms with Gasteiger partial charge in [-0.25, -0.2) is 0 Å². The molecule has 2 N–H and O–H groups in total. The molecule has 0 spiro atoms. The van der Waals surface area contributed by atoms with Crippen LogP contribution in [0.4, 0.5) is 0 Å². The van der Waals surface area contributed by atoms with E-state index in [1.807, 2.05) is 19.9 Å². The van der Waals surface area contributed by atoms with E-state index in [4.69, 9.17) is 10.5 Å². The molecule has 0 heterocycles. The van der Waals surface area contributed by atoms with Gasteiger partial charge in [-0.1, -0.05) is 6.92 Å². The molecule has 15 heavy (non-hydrogen) atoms. The number of carbonyl (C=O) groups excluding carboxylic acids is 1. The molecule has 0 fully saturated rings. The molecule has 82 valence electrons. The Balaban J connectivity index is 2.92. The van der Waals surface area contributed by atoms with Crippen molar-refractivity contribution in [2.75, 3.05) is 0 Å². The lowest BCUT2D eigenvalue weighted by Gasteiger charge is -2.13. The van der Waals surface area contributed by atoms with E-state index in [0.717, 1.165) is 6.42 Å². The maximum atomic E-state index is 11.1. The highest BCUT2D eigenvalue weighted by atomic mass is 79.9. The molecular formula is C11H14BrNO2. The first-order chi connectivity index (χ1) is 7.04. The molecule has 0 aliphatic carbocycles. The summed E-state index contributed by atoms with van der Waals surface area (Å²) in [5.74, 6) is 0.206. The lowest BCUT2D eigenvalue weighted by molar-refractivity contribution is 0.0998. The van der Waals surface area contributed by atoms with Crippen LogP contribution in [0, 0.1) is 0 Å². The van der Waals surface area contributed by atoms with Crippen LogP contribution in [-0.4, -0.2) is 12.0 Å². The molecule has 1 unspecified atom stereocenters. The lowest BCUT2D eigenvalue weighted by atomic mass is 10.2. The second kappa shape index (κ2) is 5.16. The van der Waals surface area contributed by atoms with Crippen molar-refractivity contribution < 1.29 is 9.53 Å². The average molecular weight is 272 g/mol. The zero-order valence-electron chi connectivity index (χ0n) is 8.79. The number of hydrogen-bond acceptors (Lipinski definition) is 2. The number of benzene rings is 1. The smallest absolute Gasteiger partial charge is 0.249 e. The number of halogens is 1. The molecule has 1 aromatic rings. The molecular weight excluding hydrogens is 258 g/mol. The van der Waals surface area contributed by atoms with Crippen molar-refractivity contribution in [2.24, 2.45) is 5.73 Å². The van der Waals surface area contributed by atoms with Crippen molar-refractivity contribution in [2.45, 2.75) is 26.4 Å². The Morgan fingerprint density at radius 1 is 1.60 bits per heavy atom. The molecule has 1 rings (SSSR count). The fraction of sp³-hybridized carbons (Fsp3) is 0.364. The largest absolute Gasteiger partial charge is 0.491 e. The number of amides is 1. The Bertz CT molecular complexity index is 366. The number of primary amides is 1. The third-order valence-electron chi connectivity index (χ3n) is 2.12. The predicted molar refractivity (Wildman–Crippen MR) is 63.0 cm³/mol. The van der Waals surface area contributed by atoms with E-state index >= 15 is 0 Å². The number of hydrogen-bond donors (Lipinski definition) is 1. The van der Waals surface area contributed by atoms with Crippen molar-refractivity contribution in [3.05, 3.63) is 28.2 Å². The molecule has 1 aromatic carbocycles. The summed E-state index contributed by atoms with van der Waals surface area (Å²) in [6, 6.07) is 5.22. The van der Waals surface area contributed by atoms with Gasteiger partial charge < -0.3 is 10.5 Å². The van der Waals surface area contributed by atoms with Gasteiger partial charge in [0.25, 0.3) is 0 Å². The minimum Gasteiger partial charge on any atom is -0.491 e. The SMILES string of the molecule is CCC(C)Oc1ccc(Br)c(C(N)=O)c1. The van der Waals surface area contributed by atoms with Gasteiger partial charge in [-0.15, -0.1) is 0 Å². The summed E-state index contributed by atoms with van der Waals surface area (Å²) in [7, 11) is 0. The minimum absolute atomic E-state index is 0.131. The second-order valence-electron chi connectivity index (χ2n) is 3.34. The first kappa shape index (κ1) is 12.0. The van der Waals surface area contributed by atoms with Crippen molar-refractivity contribution in [1.82, 2.24) is 0 Å². The van der Waals surface area contributed by atoms with E-state index in [9.17, 15) is 4.79 Å². The molecule has 0 aliphatic rings. The minimum atomic E-state index is -0.462. The molecule has 0 bridgehead atoms. The first-order valence-electron chi connectivity index (χ1n) is 4.80. The van der Waals surface area contributed by atoms with E-state index in [-0.39, 0.29) is 6.10 Å². The summed E-state index contributed by atoms with van der Waals surface area (Å²) >= 11 is 3.26. The zero-order valence-corrected chi connectivity index (χ0v) is 10.4. The number of rotatable bonds is 4. The van der Waals surface area contributed by atoms with Gasteiger partial charge in [0, 0.05) is 4.47 Å². The van der Waals surface area contributed by atoms with Gasteiger partial charge in [0.1, 0.15) is 5.75 Å². The Morgan fingerprint density at radius 3 is 2.80 bits per heavy atom. The number of carbonyl (C=O) groups is 1. The summed E-state index contributed by atoms with van der Waals surface area (Å²) in [6.45, 7) is 4.02. The van der Waals surface area contributed by atoms with Crippen molar-refractivity contribution in [3.8, 4) is 5.75 Å². The summed E-state index contributed by atoms with van der Waals surface area (Å²) < 4.78 is 6.27. The normalized spacial score (nSPS) is 12.2. The number of ether oxygens (including phenoxy) is 1. The third kappa shape index (κ3) is 3.23.